The van der Waals surface area contributed by atoms with E-state index in [0.717, 1.165) is 5.56 Å². The highest BCUT2D eigenvalue weighted by molar-refractivity contribution is 7.99. The molecule has 0 saturated heterocycles. The molecular weight excluding hydrogens is 350 g/mol. The minimum Gasteiger partial charge on any atom is -0.485 e. The molecule has 3 aromatic rings. The Hall–Kier alpha value is -2.98. The molecule has 2 unspecified atom stereocenters. The van der Waals surface area contributed by atoms with Gasteiger partial charge >= 0.3 is 0 Å². The van der Waals surface area contributed by atoms with Gasteiger partial charge in [-0.1, -0.05) is 42.5 Å². The van der Waals surface area contributed by atoms with Crippen LogP contribution in [-0.4, -0.2) is 22.1 Å². The molecule has 130 valence electrons. The Kier molecular flexibility index (Phi) is 4.75. The first kappa shape index (κ1) is 16.5. The maximum absolute atomic E-state index is 9.41. The van der Waals surface area contributed by atoms with Crippen LogP contribution in [0.4, 0.5) is 0 Å². The number of aromatic nitrogens is 2. The van der Waals surface area contributed by atoms with Gasteiger partial charge in [0.2, 0.25) is 6.10 Å². The van der Waals surface area contributed by atoms with Crippen molar-refractivity contribution in [3.05, 3.63) is 66.1 Å². The van der Waals surface area contributed by atoms with Crippen molar-refractivity contribution in [3.8, 4) is 17.6 Å². The maximum Gasteiger partial charge on any atom is 0.278 e. The van der Waals surface area contributed by atoms with Crippen molar-refractivity contribution >= 4 is 11.8 Å². The molecule has 7 heteroatoms. The standard InChI is InChI=1S/C19H15N3O3S/c20-11-14(10-13-6-2-1-3-7-13)26-19-22-21-18(25-19)17-12-23-15-8-4-5-9-16(15)24-17/h1-9,14,17H,10,12H2. The highest BCUT2D eigenvalue weighted by atomic mass is 32.2. The smallest absolute Gasteiger partial charge is 0.278 e. The highest BCUT2D eigenvalue weighted by Gasteiger charge is 2.28. The van der Waals surface area contributed by atoms with Gasteiger partial charge in [-0.25, -0.2) is 0 Å². The average Bonchev–Trinajstić information content (AvgIpc) is 3.16. The van der Waals surface area contributed by atoms with Gasteiger partial charge in [-0.3, -0.25) is 0 Å². The number of ether oxygens (including phenoxy) is 2. The first-order valence-corrected chi connectivity index (χ1v) is 9.02. The van der Waals surface area contributed by atoms with E-state index in [2.05, 4.69) is 16.3 Å². The molecular formula is C19H15N3O3S. The van der Waals surface area contributed by atoms with Crippen molar-refractivity contribution < 1.29 is 13.9 Å². The fourth-order valence-corrected chi connectivity index (χ4v) is 3.40. The van der Waals surface area contributed by atoms with Gasteiger partial charge in [0.25, 0.3) is 11.1 Å². The summed E-state index contributed by atoms with van der Waals surface area (Å²) in [6, 6.07) is 19.6. The van der Waals surface area contributed by atoms with Crippen molar-refractivity contribution in [2.75, 3.05) is 6.61 Å². The molecule has 1 aliphatic heterocycles. The summed E-state index contributed by atoms with van der Waals surface area (Å²) in [4.78, 5) is 0. The molecule has 0 amide bonds. The summed E-state index contributed by atoms with van der Waals surface area (Å²) >= 11 is 1.26. The number of hydrogen-bond donors (Lipinski definition) is 0. The molecule has 0 spiro atoms. The molecule has 0 fully saturated rings. The molecule has 4 rings (SSSR count). The van der Waals surface area contributed by atoms with E-state index >= 15 is 0 Å². The topological polar surface area (TPSA) is 81.2 Å². The van der Waals surface area contributed by atoms with E-state index in [1.165, 1.54) is 11.8 Å². The molecule has 2 aromatic carbocycles. The van der Waals surface area contributed by atoms with Gasteiger partial charge in [-0.15, -0.1) is 10.2 Å². The number of hydrogen-bond acceptors (Lipinski definition) is 7. The predicted octanol–water partition coefficient (Wildman–Crippen LogP) is 3.81. The Morgan fingerprint density at radius 2 is 1.85 bits per heavy atom. The van der Waals surface area contributed by atoms with Gasteiger partial charge in [0.1, 0.15) is 11.9 Å². The maximum atomic E-state index is 9.41. The van der Waals surface area contributed by atoms with E-state index in [1.54, 1.807) is 0 Å². The SMILES string of the molecule is N#CC(Cc1ccccc1)Sc1nnc(C2COc3ccccc3O2)o1. The Morgan fingerprint density at radius 3 is 2.65 bits per heavy atom. The summed E-state index contributed by atoms with van der Waals surface area (Å²) in [7, 11) is 0. The fraction of sp³-hybridized carbons (Fsp3) is 0.211. The lowest BCUT2D eigenvalue weighted by Crippen LogP contribution is -2.21. The van der Waals surface area contributed by atoms with E-state index in [9.17, 15) is 5.26 Å². The zero-order valence-electron chi connectivity index (χ0n) is 13.7. The Labute approximate surface area is 154 Å². The Morgan fingerprint density at radius 1 is 1.08 bits per heavy atom. The molecule has 0 radical (unpaired) electrons. The van der Waals surface area contributed by atoms with Gasteiger partial charge in [-0.2, -0.15) is 5.26 Å². The number of thioether (sulfide) groups is 1. The van der Waals surface area contributed by atoms with E-state index in [1.807, 2.05) is 54.6 Å². The molecule has 1 aromatic heterocycles. The number of rotatable bonds is 5. The molecule has 1 aliphatic rings. The number of benzene rings is 2. The molecule has 2 heterocycles. The zero-order valence-corrected chi connectivity index (χ0v) is 14.6. The number of para-hydroxylation sites is 2. The Balaban J connectivity index is 1.42. The third-order valence-electron chi connectivity index (χ3n) is 3.86. The summed E-state index contributed by atoms with van der Waals surface area (Å²) in [5, 5.41) is 17.5. The summed E-state index contributed by atoms with van der Waals surface area (Å²) < 4.78 is 17.2. The van der Waals surface area contributed by atoms with Crippen molar-refractivity contribution in [1.82, 2.24) is 10.2 Å². The normalized spacial score (nSPS) is 16.7. The summed E-state index contributed by atoms with van der Waals surface area (Å²) in [6.45, 7) is 0.301. The molecule has 0 aliphatic carbocycles. The van der Waals surface area contributed by atoms with Gasteiger partial charge in [0.15, 0.2) is 11.5 Å². The van der Waals surface area contributed by atoms with Gasteiger partial charge in [0.05, 0.1) is 6.07 Å². The second-order valence-corrected chi connectivity index (χ2v) is 6.85. The van der Waals surface area contributed by atoms with Gasteiger partial charge < -0.3 is 13.9 Å². The van der Waals surface area contributed by atoms with E-state index in [-0.39, 0.29) is 5.25 Å². The Bertz CT molecular complexity index is 923. The number of nitriles is 1. The van der Waals surface area contributed by atoms with Gasteiger partial charge in [0, 0.05) is 0 Å². The van der Waals surface area contributed by atoms with Crippen LogP contribution in [0.25, 0.3) is 0 Å². The lowest BCUT2D eigenvalue weighted by atomic mass is 10.1. The van der Waals surface area contributed by atoms with Crippen molar-refractivity contribution in [2.24, 2.45) is 0 Å². The summed E-state index contributed by atoms with van der Waals surface area (Å²) in [6.07, 6.45) is 0.150. The lowest BCUT2D eigenvalue weighted by Gasteiger charge is -2.23. The minimum atomic E-state index is -0.457. The largest absolute Gasteiger partial charge is 0.485 e. The van der Waals surface area contributed by atoms with E-state index in [0.29, 0.717) is 35.6 Å². The molecule has 6 nitrogen and oxygen atoms in total. The first-order valence-electron chi connectivity index (χ1n) is 8.14. The summed E-state index contributed by atoms with van der Waals surface area (Å²) in [5.74, 6) is 1.69. The zero-order chi connectivity index (χ0) is 17.8. The molecule has 0 saturated carbocycles. The van der Waals surface area contributed by atoms with Crippen LogP contribution in [0.3, 0.4) is 0 Å². The fourth-order valence-electron chi connectivity index (χ4n) is 2.60. The predicted molar refractivity (Wildman–Crippen MR) is 95.0 cm³/mol. The monoisotopic (exact) mass is 365 g/mol. The van der Waals surface area contributed by atoms with Crippen LogP contribution >= 0.6 is 11.8 Å². The van der Waals surface area contributed by atoms with Gasteiger partial charge in [-0.05, 0) is 35.9 Å². The quantitative estimate of drug-likeness (QED) is 0.636. The van der Waals surface area contributed by atoms with Crippen LogP contribution in [0.2, 0.25) is 0 Å². The van der Waals surface area contributed by atoms with Crippen LogP contribution in [-0.2, 0) is 6.42 Å². The van der Waals surface area contributed by atoms with Crippen LogP contribution in [0.1, 0.15) is 17.6 Å². The van der Waals surface area contributed by atoms with Crippen LogP contribution in [0.5, 0.6) is 11.5 Å². The third kappa shape index (κ3) is 3.65. The van der Waals surface area contributed by atoms with E-state index in [4.69, 9.17) is 13.9 Å². The number of fused-ring (bicyclic) bond motifs is 1. The molecule has 2 atom stereocenters. The van der Waals surface area contributed by atoms with Crippen LogP contribution in [0.15, 0.2) is 64.2 Å². The average molecular weight is 365 g/mol. The first-order chi connectivity index (χ1) is 12.8. The summed E-state index contributed by atoms with van der Waals surface area (Å²) in [5.41, 5.74) is 1.09. The van der Waals surface area contributed by atoms with Crippen molar-refractivity contribution in [1.29, 1.82) is 5.26 Å². The lowest BCUT2D eigenvalue weighted by molar-refractivity contribution is 0.0686. The van der Waals surface area contributed by atoms with Crippen LogP contribution < -0.4 is 9.47 Å². The minimum absolute atomic E-state index is 0.301. The third-order valence-corrected chi connectivity index (χ3v) is 4.78. The second-order valence-electron chi connectivity index (χ2n) is 5.70. The molecule has 0 N–H and O–H groups in total. The number of nitrogens with zero attached hydrogens (tertiary/aromatic N) is 3. The molecule has 0 bridgehead atoms. The van der Waals surface area contributed by atoms with Crippen molar-refractivity contribution in [3.63, 3.8) is 0 Å². The van der Waals surface area contributed by atoms with Crippen molar-refractivity contribution in [2.45, 2.75) is 23.0 Å². The molecule has 26 heavy (non-hydrogen) atoms. The van der Waals surface area contributed by atoms with Crippen LogP contribution in [0, 0.1) is 11.3 Å². The highest BCUT2D eigenvalue weighted by Crippen LogP contribution is 2.36. The van der Waals surface area contributed by atoms with E-state index < -0.39 is 6.10 Å². The second kappa shape index (κ2) is 7.50.